The first-order valence-electron chi connectivity index (χ1n) is 11.9. The second-order valence-corrected chi connectivity index (χ2v) is 11.0. The van der Waals surface area contributed by atoms with Crippen LogP contribution < -0.4 is 10.6 Å². The number of carbonyl (C=O) groups is 3. The number of rotatable bonds is 11. The number of amides is 2. The van der Waals surface area contributed by atoms with E-state index in [1.54, 1.807) is 27.7 Å². The number of halogens is 4. The van der Waals surface area contributed by atoms with E-state index in [1.165, 1.54) is 28.6 Å². The standard InChI is InChI=1S/C25H29ClF3N3O6S/c1-5-32(6-2)39(36,37)18-9-7-8-16(12-18)23(34)31-22(15(3)4)24(35)38-14-21(33)30-20-13-17(25(27,28)29)10-11-19(20)26/h7-13,15,22H,5-6,14H2,1-4H3,(H,30,33)(H,31,34)/t22-/m0/s1. The summed E-state index contributed by atoms with van der Waals surface area (Å²) in [4.78, 5) is 37.7. The summed E-state index contributed by atoms with van der Waals surface area (Å²) >= 11 is 5.86. The molecule has 0 fully saturated rings. The Morgan fingerprint density at radius 3 is 2.26 bits per heavy atom. The van der Waals surface area contributed by atoms with Gasteiger partial charge in [-0.1, -0.05) is 45.4 Å². The summed E-state index contributed by atoms with van der Waals surface area (Å²) in [6.45, 7) is 6.21. The van der Waals surface area contributed by atoms with Crippen molar-refractivity contribution in [2.24, 2.45) is 5.92 Å². The molecular formula is C25H29ClF3N3O6S. The van der Waals surface area contributed by atoms with Crippen LogP contribution in [0.4, 0.5) is 18.9 Å². The van der Waals surface area contributed by atoms with Crippen molar-refractivity contribution in [1.29, 1.82) is 0 Å². The average molecular weight is 592 g/mol. The molecule has 0 saturated carbocycles. The molecule has 0 spiro atoms. The Morgan fingerprint density at radius 2 is 1.69 bits per heavy atom. The number of ether oxygens (including phenoxy) is 1. The van der Waals surface area contributed by atoms with Gasteiger partial charge in [-0.15, -0.1) is 0 Å². The first kappa shape index (κ1) is 32.1. The highest BCUT2D eigenvalue weighted by Crippen LogP contribution is 2.33. The molecule has 0 aliphatic carbocycles. The lowest BCUT2D eigenvalue weighted by Crippen LogP contribution is -2.46. The van der Waals surface area contributed by atoms with E-state index in [1.807, 2.05) is 0 Å². The zero-order valence-corrected chi connectivity index (χ0v) is 23.2. The summed E-state index contributed by atoms with van der Waals surface area (Å²) in [5, 5.41) is 4.48. The minimum atomic E-state index is -4.66. The molecule has 0 unspecified atom stereocenters. The highest BCUT2D eigenvalue weighted by atomic mass is 35.5. The SMILES string of the molecule is CCN(CC)S(=O)(=O)c1cccc(C(=O)N[C@H](C(=O)OCC(=O)Nc2cc(C(F)(F)F)ccc2Cl)C(C)C)c1. The lowest BCUT2D eigenvalue weighted by atomic mass is 10.0. The molecule has 0 heterocycles. The van der Waals surface area contributed by atoms with Crippen LogP contribution in [0.2, 0.25) is 5.02 Å². The van der Waals surface area contributed by atoms with E-state index in [4.69, 9.17) is 16.3 Å². The van der Waals surface area contributed by atoms with Gasteiger partial charge in [0.15, 0.2) is 6.61 Å². The third-order valence-electron chi connectivity index (χ3n) is 5.56. The average Bonchev–Trinajstić information content (AvgIpc) is 2.86. The van der Waals surface area contributed by atoms with Crippen molar-refractivity contribution >= 4 is 45.1 Å². The number of hydrogen-bond donors (Lipinski definition) is 2. The first-order valence-corrected chi connectivity index (χ1v) is 13.7. The van der Waals surface area contributed by atoms with Crippen molar-refractivity contribution in [1.82, 2.24) is 9.62 Å². The maximum absolute atomic E-state index is 12.9. The number of hydrogen-bond acceptors (Lipinski definition) is 6. The van der Waals surface area contributed by atoms with E-state index in [2.05, 4.69) is 10.6 Å². The third-order valence-corrected chi connectivity index (χ3v) is 7.94. The number of carbonyl (C=O) groups excluding carboxylic acids is 3. The molecule has 0 saturated heterocycles. The van der Waals surface area contributed by atoms with Crippen molar-refractivity contribution in [2.45, 2.75) is 44.8 Å². The number of sulfonamides is 1. The lowest BCUT2D eigenvalue weighted by molar-refractivity contribution is -0.150. The van der Waals surface area contributed by atoms with E-state index >= 15 is 0 Å². The van der Waals surface area contributed by atoms with Crippen LogP contribution in [-0.4, -0.2) is 56.2 Å². The second-order valence-electron chi connectivity index (χ2n) is 8.66. The van der Waals surface area contributed by atoms with Crippen LogP contribution in [0.1, 0.15) is 43.6 Å². The summed E-state index contributed by atoms with van der Waals surface area (Å²) < 4.78 is 70.6. The molecule has 2 amide bonds. The van der Waals surface area contributed by atoms with Crippen LogP contribution in [0, 0.1) is 5.92 Å². The molecule has 0 aliphatic heterocycles. The predicted octanol–water partition coefficient (Wildman–Crippen LogP) is 4.33. The summed E-state index contributed by atoms with van der Waals surface area (Å²) in [5.41, 5.74) is -1.37. The largest absolute Gasteiger partial charge is 0.454 e. The summed E-state index contributed by atoms with van der Waals surface area (Å²) in [6, 6.07) is 6.48. The third kappa shape index (κ3) is 8.41. The molecule has 2 rings (SSSR count). The van der Waals surface area contributed by atoms with Crippen LogP contribution in [0.15, 0.2) is 47.4 Å². The van der Waals surface area contributed by atoms with Crippen molar-refractivity contribution < 1.29 is 40.7 Å². The predicted molar refractivity (Wildman–Crippen MR) is 139 cm³/mol. The minimum Gasteiger partial charge on any atom is -0.454 e. The van der Waals surface area contributed by atoms with Crippen molar-refractivity contribution in [3.63, 3.8) is 0 Å². The minimum absolute atomic E-state index is 0.0152. The van der Waals surface area contributed by atoms with E-state index in [-0.39, 0.29) is 34.3 Å². The molecule has 9 nitrogen and oxygen atoms in total. The fraction of sp³-hybridized carbons (Fsp3) is 0.400. The van der Waals surface area contributed by atoms with Crippen LogP contribution in [0.5, 0.6) is 0 Å². The Hall–Kier alpha value is -3.16. The van der Waals surface area contributed by atoms with E-state index in [0.717, 1.165) is 12.1 Å². The van der Waals surface area contributed by atoms with Gasteiger partial charge in [0.05, 0.1) is 21.2 Å². The zero-order chi connectivity index (χ0) is 29.5. The second kappa shape index (κ2) is 13.3. The van der Waals surface area contributed by atoms with Gasteiger partial charge >= 0.3 is 12.1 Å². The molecule has 214 valence electrons. The van der Waals surface area contributed by atoms with Gasteiger partial charge in [-0.2, -0.15) is 17.5 Å². The highest BCUT2D eigenvalue weighted by molar-refractivity contribution is 7.89. The molecule has 0 aliphatic rings. The Morgan fingerprint density at radius 1 is 1.05 bits per heavy atom. The van der Waals surface area contributed by atoms with Gasteiger partial charge in [0, 0.05) is 18.7 Å². The van der Waals surface area contributed by atoms with Gasteiger partial charge in [0.25, 0.3) is 11.8 Å². The summed E-state index contributed by atoms with van der Waals surface area (Å²) in [6.07, 6.45) is -4.66. The molecule has 2 N–H and O–H groups in total. The maximum atomic E-state index is 12.9. The molecule has 0 aromatic heterocycles. The maximum Gasteiger partial charge on any atom is 0.416 e. The van der Waals surface area contributed by atoms with Crippen LogP contribution in [-0.2, 0) is 30.5 Å². The van der Waals surface area contributed by atoms with Crippen LogP contribution in [0.25, 0.3) is 0 Å². The number of esters is 1. The van der Waals surface area contributed by atoms with Gasteiger partial charge < -0.3 is 15.4 Å². The fourth-order valence-corrected chi connectivity index (χ4v) is 5.11. The first-order chi connectivity index (χ1) is 18.1. The molecule has 2 aromatic carbocycles. The van der Waals surface area contributed by atoms with E-state index < -0.39 is 58.1 Å². The Kier molecular flexibility index (Phi) is 10.9. The molecule has 14 heteroatoms. The fourth-order valence-electron chi connectivity index (χ4n) is 3.44. The molecule has 2 aromatic rings. The number of anilines is 1. The van der Waals surface area contributed by atoms with Crippen molar-refractivity contribution in [2.75, 3.05) is 25.0 Å². The van der Waals surface area contributed by atoms with E-state index in [0.29, 0.717) is 6.07 Å². The van der Waals surface area contributed by atoms with Gasteiger partial charge in [-0.25, -0.2) is 13.2 Å². The van der Waals surface area contributed by atoms with Gasteiger partial charge in [-0.3, -0.25) is 9.59 Å². The number of alkyl halides is 3. The van der Waals surface area contributed by atoms with Gasteiger partial charge in [0.2, 0.25) is 10.0 Å². The molecule has 0 bridgehead atoms. The van der Waals surface area contributed by atoms with Crippen molar-refractivity contribution in [3.05, 3.63) is 58.6 Å². The summed E-state index contributed by atoms with van der Waals surface area (Å²) in [5.74, 6) is -3.17. The smallest absolute Gasteiger partial charge is 0.416 e. The monoisotopic (exact) mass is 591 g/mol. The number of nitrogens with one attached hydrogen (secondary N) is 2. The molecule has 1 atom stereocenters. The Labute approximate surface area is 229 Å². The Bertz CT molecular complexity index is 1310. The summed E-state index contributed by atoms with van der Waals surface area (Å²) in [7, 11) is -3.83. The van der Waals surface area contributed by atoms with Crippen LogP contribution >= 0.6 is 11.6 Å². The van der Waals surface area contributed by atoms with Crippen molar-refractivity contribution in [3.8, 4) is 0 Å². The Balaban J connectivity index is 2.10. The number of benzene rings is 2. The van der Waals surface area contributed by atoms with Gasteiger partial charge in [0.1, 0.15) is 6.04 Å². The lowest BCUT2D eigenvalue weighted by Gasteiger charge is -2.21. The van der Waals surface area contributed by atoms with Gasteiger partial charge in [-0.05, 0) is 42.3 Å². The molecular weight excluding hydrogens is 563 g/mol. The highest BCUT2D eigenvalue weighted by Gasteiger charge is 2.31. The normalized spacial score (nSPS) is 12.8. The topological polar surface area (TPSA) is 122 Å². The van der Waals surface area contributed by atoms with E-state index in [9.17, 15) is 36.0 Å². The quantitative estimate of drug-likeness (QED) is 0.375. The van der Waals surface area contributed by atoms with Crippen LogP contribution in [0.3, 0.4) is 0 Å². The molecule has 39 heavy (non-hydrogen) atoms. The number of nitrogens with zero attached hydrogens (tertiary/aromatic N) is 1. The molecule has 0 radical (unpaired) electrons. The zero-order valence-electron chi connectivity index (χ0n) is 21.6.